The molecule has 4 heteroatoms. The lowest BCUT2D eigenvalue weighted by Crippen LogP contribution is -2.29. The second-order valence-electron chi connectivity index (χ2n) is 6.69. The van der Waals surface area contributed by atoms with Crippen molar-refractivity contribution in [2.45, 2.75) is 18.3 Å². The summed E-state index contributed by atoms with van der Waals surface area (Å²) in [6.07, 6.45) is 5.38. The third-order valence-corrected chi connectivity index (χ3v) is 6.09. The molecule has 3 rings (SSSR count). The van der Waals surface area contributed by atoms with Gasteiger partial charge in [-0.15, -0.1) is 13.2 Å². The van der Waals surface area contributed by atoms with Crippen LogP contribution in [0.4, 0.5) is 0 Å². The number of rotatable bonds is 10. The lowest BCUT2D eigenvalue weighted by Gasteiger charge is -2.32. The lowest BCUT2D eigenvalue weighted by molar-refractivity contribution is 0.117. The molecule has 0 saturated carbocycles. The van der Waals surface area contributed by atoms with Gasteiger partial charge < -0.3 is 9.47 Å². The fraction of sp³-hybridized carbons (Fsp3) is 0.304. The molecule has 0 fully saturated rings. The van der Waals surface area contributed by atoms with Gasteiger partial charge in [0.2, 0.25) is 0 Å². The number of benzene rings is 2. The van der Waals surface area contributed by atoms with Gasteiger partial charge in [0, 0.05) is 27.6 Å². The second-order valence-corrected chi connectivity index (χ2v) is 8.52. The van der Waals surface area contributed by atoms with Gasteiger partial charge in [-0.1, -0.05) is 56.1 Å². The minimum atomic E-state index is -0.138. The molecule has 0 bridgehead atoms. The average molecular weight is 492 g/mol. The molecule has 2 aromatic rings. The summed E-state index contributed by atoms with van der Waals surface area (Å²) in [7, 11) is 0. The van der Waals surface area contributed by atoms with Crippen LogP contribution in [0, 0.1) is 0 Å². The van der Waals surface area contributed by atoms with E-state index in [0.717, 1.165) is 21.8 Å². The van der Waals surface area contributed by atoms with E-state index >= 15 is 0 Å². The normalized spacial score (nSPS) is 13.9. The summed E-state index contributed by atoms with van der Waals surface area (Å²) in [4.78, 5) is 0. The molecule has 27 heavy (non-hydrogen) atoms. The number of hydrogen-bond acceptors (Lipinski definition) is 2. The van der Waals surface area contributed by atoms with Crippen molar-refractivity contribution in [2.24, 2.45) is 0 Å². The Bertz CT molecular complexity index is 760. The van der Waals surface area contributed by atoms with Crippen molar-refractivity contribution in [1.82, 2.24) is 0 Å². The fourth-order valence-electron chi connectivity index (χ4n) is 3.93. The molecule has 0 saturated heterocycles. The van der Waals surface area contributed by atoms with Gasteiger partial charge in [0.05, 0.1) is 13.2 Å². The van der Waals surface area contributed by atoms with Crippen LogP contribution in [0.15, 0.2) is 70.7 Å². The highest BCUT2D eigenvalue weighted by Gasteiger charge is 2.42. The molecule has 142 valence electrons. The van der Waals surface area contributed by atoms with Crippen LogP contribution in [0.2, 0.25) is 0 Å². The first-order chi connectivity index (χ1) is 13.1. The standard InChI is InChI=1S/C23H24Br2O2/c1-3-11-26-13-9-23(10-14-27-12-4-2)21-15-17(24)5-7-19(21)20-8-6-18(25)16-22(20)23/h3-8,15-16H,1-2,9-14H2. The molecular weight excluding hydrogens is 468 g/mol. The number of ether oxygens (including phenoxy) is 2. The van der Waals surface area contributed by atoms with Crippen molar-refractivity contribution in [3.8, 4) is 11.1 Å². The smallest absolute Gasteiger partial charge is 0.0644 e. The predicted octanol–water partition coefficient (Wildman–Crippen LogP) is 6.66. The van der Waals surface area contributed by atoms with Gasteiger partial charge in [-0.25, -0.2) is 0 Å². The van der Waals surface area contributed by atoms with E-state index < -0.39 is 0 Å². The molecule has 0 N–H and O–H groups in total. The Labute approximate surface area is 178 Å². The molecule has 2 aromatic carbocycles. The SMILES string of the molecule is C=CCOCCC1(CCOCC=C)c2cc(Br)ccc2-c2ccc(Br)cc21. The topological polar surface area (TPSA) is 18.5 Å². The summed E-state index contributed by atoms with van der Waals surface area (Å²) in [6.45, 7) is 9.97. The van der Waals surface area contributed by atoms with E-state index in [1.165, 1.54) is 22.3 Å². The Morgan fingerprint density at radius 1 is 0.778 bits per heavy atom. The number of hydrogen-bond donors (Lipinski definition) is 0. The van der Waals surface area contributed by atoms with Gasteiger partial charge in [-0.2, -0.15) is 0 Å². The van der Waals surface area contributed by atoms with E-state index in [9.17, 15) is 0 Å². The van der Waals surface area contributed by atoms with Crippen molar-refractivity contribution in [3.63, 3.8) is 0 Å². The van der Waals surface area contributed by atoms with Crippen molar-refractivity contribution in [1.29, 1.82) is 0 Å². The van der Waals surface area contributed by atoms with Crippen molar-refractivity contribution >= 4 is 31.9 Å². The number of halogens is 2. The Morgan fingerprint density at radius 2 is 1.22 bits per heavy atom. The van der Waals surface area contributed by atoms with E-state index in [2.05, 4.69) is 81.4 Å². The minimum Gasteiger partial charge on any atom is -0.377 e. The Morgan fingerprint density at radius 3 is 1.63 bits per heavy atom. The van der Waals surface area contributed by atoms with Crippen LogP contribution in [-0.2, 0) is 14.9 Å². The maximum atomic E-state index is 5.79. The van der Waals surface area contributed by atoms with Crippen LogP contribution in [0.1, 0.15) is 24.0 Å². The van der Waals surface area contributed by atoms with Gasteiger partial charge in [0.25, 0.3) is 0 Å². The molecule has 1 aliphatic rings. The lowest BCUT2D eigenvalue weighted by atomic mass is 9.73. The predicted molar refractivity (Wildman–Crippen MR) is 119 cm³/mol. The van der Waals surface area contributed by atoms with Gasteiger partial charge in [0.15, 0.2) is 0 Å². The maximum absolute atomic E-state index is 5.79. The molecule has 2 nitrogen and oxygen atoms in total. The van der Waals surface area contributed by atoms with Gasteiger partial charge in [0.1, 0.15) is 0 Å². The van der Waals surface area contributed by atoms with E-state index in [4.69, 9.17) is 9.47 Å². The highest BCUT2D eigenvalue weighted by atomic mass is 79.9. The average Bonchev–Trinajstić information content (AvgIpc) is 2.92. The molecule has 0 atom stereocenters. The van der Waals surface area contributed by atoms with Gasteiger partial charge in [-0.05, 0) is 59.4 Å². The molecule has 0 spiro atoms. The number of fused-ring (bicyclic) bond motifs is 3. The third-order valence-electron chi connectivity index (χ3n) is 5.10. The largest absolute Gasteiger partial charge is 0.377 e. The van der Waals surface area contributed by atoms with Crippen molar-refractivity contribution in [3.05, 3.63) is 81.8 Å². The Kier molecular flexibility index (Phi) is 7.10. The van der Waals surface area contributed by atoms with Crippen LogP contribution in [0.3, 0.4) is 0 Å². The van der Waals surface area contributed by atoms with Crippen LogP contribution < -0.4 is 0 Å². The Balaban J connectivity index is 2.05. The summed E-state index contributed by atoms with van der Waals surface area (Å²) >= 11 is 7.33. The Hall–Kier alpha value is -1.20. The fourth-order valence-corrected chi connectivity index (χ4v) is 4.65. The van der Waals surface area contributed by atoms with Crippen LogP contribution in [0.25, 0.3) is 11.1 Å². The van der Waals surface area contributed by atoms with Crippen LogP contribution in [0.5, 0.6) is 0 Å². The zero-order valence-electron chi connectivity index (χ0n) is 15.3. The third kappa shape index (κ3) is 4.29. The zero-order chi connectivity index (χ0) is 19.3. The van der Waals surface area contributed by atoms with Crippen LogP contribution in [-0.4, -0.2) is 26.4 Å². The summed E-state index contributed by atoms with van der Waals surface area (Å²) in [5, 5.41) is 0. The first kappa shape index (κ1) is 20.5. The van der Waals surface area contributed by atoms with E-state index in [1.807, 2.05) is 0 Å². The summed E-state index contributed by atoms with van der Waals surface area (Å²) < 4.78 is 13.8. The molecule has 1 aliphatic carbocycles. The van der Waals surface area contributed by atoms with Crippen molar-refractivity contribution in [2.75, 3.05) is 26.4 Å². The van der Waals surface area contributed by atoms with Gasteiger partial charge in [-0.3, -0.25) is 0 Å². The first-order valence-corrected chi connectivity index (χ1v) is 10.7. The second kappa shape index (κ2) is 9.33. The highest BCUT2D eigenvalue weighted by Crippen LogP contribution is 2.53. The molecule has 0 unspecified atom stereocenters. The highest BCUT2D eigenvalue weighted by molar-refractivity contribution is 9.10. The zero-order valence-corrected chi connectivity index (χ0v) is 18.5. The molecule has 0 aliphatic heterocycles. The van der Waals surface area contributed by atoms with E-state index in [0.29, 0.717) is 26.4 Å². The monoisotopic (exact) mass is 490 g/mol. The minimum absolute atomic E-state index is 0.138. The van der Waals surface area contributed by atoms with Gasteiger partial charge >= 0.3 is 0 Å². The maximum Gasteiger partial charge on any atom is 0.0644 e. The summed E-state index contributed by atoms with van der Waals surface area (Å²) in [6, 6.07) is 13.2. The first-order valence-electron chi connectivity index (χ1n) is 9.10. The molecule has 0 radical (unpaired) electrons. The quantitative estimate of drug-likeness (QED) is 0.273. The summed E-state index contributed by atoms with van der Waals surface area (Å²) in [5.41, 5.74) is 5.14. The summed E-state index contributed by atoms with van der Waals surface area (Å²) in [5.74, 6) is 0. The van der Waals surface area contributed by atoms with E-state index in [1.54, 1.807) is 12.2 Å². The molecule has 0 amide bonds. The van der Waals surface area contributed by atoms with Crippen molar-refractivity contribution < 1.29 is 9.47 Å². The van der Waals surface area contributed by atoms with E-state index in [-0.39, 0.29) is 5.41 Å². The molecular formula is C23H24Br2O2. The molecule has 0 heterocycles. The molecule has 0 aromatic heterocycles. The van der Waals surface area contributed by atoms with Crippen LogP contribution >= 0.6 is 31.9 Å².